The zero-order chi connectivity index (χ0) is 10.5. The minimum Gasteiger partial charge on any atom is -0.297 e. The van der Waals surface area contributed by atoms with E-state index < -0.39 is 0 Å². The molecular formula is C13H18N2. The highest BCUT2D eigenvalue weighted by molar-refractivity contribution is 5.98. The van der Waals surface area contributed by atoms with Gasteiger partial charge in [-0.05, 0) is 31.7 Å². The van der Waals surface area contributed by atoms with E-state index in [1.807, 2.05) is 6.07 Å². The van der Waals surface area contributed by atoms with Gasteiger partial charge >= 0.3 is 0 Å². The van der Waals surface area contributed by atoms with Crippen molar-refractivity contribution in [3.63, 3.8) is 0 Å². The standard InChI is InChI=1S/C13H18N2/c1-12(13-8-4-2-5-9-13)14-15-10-6-3-7-11-15/h2,4-5,8-9H,3,6-7,10-11H2,1H3/b14-12-. The SMILES string of the molecule is C/C(=N/N1CCCCC1)c1ccccc1. The third-order valence-corrected chi connectivity index (χ3v) is 2.82. The van der Waals surface area contributed by atoms with Gasteiger partial charge in [-0.2, -0.15) is 5.10 Å². The van der Waals surface area contributed by atoms with E-state index >= 15 is 0 Å². The number of piperidine rings is 1. The molecule has 1 fully saturated rings. The molecule has 1 aromatic rings. The van der Waals surface area contributed by atoms with Crippen LogP contribution in [-0.2, 0) is 0 Å². The summed E-state index contributed by atoms with van der Waals surface area (Å²) >= 11 is 0. The second-order valence-corrected chi connectivity index (χ2v) is 4.07. The predicted molar refractivity (Wildman–Crippen MR) is 64.1 cm³/mol. The van der Waals surface area contributed by atoms with Crippen molar-refractivity contribution in [3.8, 4) is 0 Å². The Morgan fingerprint density at radius 2 is 1.73 bits per heavy atom. The van der Waals surface area contributed by atoms with E-state index in [2.05, 4.69) is 41.3 Å². The average molecular weight is 202 g/mol. The Hall–Kier alpha value is -1.31. The van der Waals surface area contributed by atoms with Crippen molar-refractivity contribution in [1.29, 1.82) is 0 Å². The first kappa shape index (κ1) is 10.2. The Bertz CT molecular complexity index is 324. The summed E-state index contributed by atoms with van der Waals surface area (Å²) in [7, 11) is 0. The molecule has 1 saturated heterocycles. The maximum absolute atomic E-state index is 4.66. The molecule has 0 unspecified atom stereocenters. The van der Waals surface area contributed by atoms with E-state index in [1.54, 1.807) is 0 Å². The second kappa shape index (κ2) is 4.96. The van der Waals surface area contributed by atoms with Gasteiger partial charge < -0.3 is 0 Å². The van der Waals surface area contributed by atoms with Crippen molar-refractivity contribution in [1.82, 2.24) is 5.01 Å². The third-order valence-electron chi connectivity index (χ3n) is 2.82. The fourth-order valence-corrected chi connectivity index (χ4v) is 1.93. The molecule has 0 aliphatic carbocycles. The van der Waals surface area contributed by atoms with E-state index in [0.29, 0.717) is 0 Å². The Morgan fingerprint density at radius 1 is 1.07 bits per heavy atom. The smallest absolute Gasteiger partial charge is 0.0646 e. The molecule has 1 aromatic carbocycles. The number of benzene rings is 1. The number of hydrogen-bond donors (Lipinski definition) is 0. The van der Waals surface area contributed by atoms with Crippen LogP contribution in [0, 0.1) is 0 Å². The lowest BCUT2D eigenvalue weighted by atomic mass is 10.1. The summed E-state index contributed by atoms with van der Waals surface area (Å²) in [5, 5.41) is 6.86. The van der Waals surface area contributed by atoms with Gasteiger partial charge in [0.05, 0.1) is 5.71 Å². The monoisotopic (exact) mass is 202 g/mol. The fraction of sp³-hybridized carbons (Fsp3) is 0.462. The van der Waals surface area contributed by atoms with Crippen LogP contribution in [0.3, 0.4) is 0 Å². The molecule has 2 nitrogen and oxygen atoms in total. The second-order valence-electron chi connectivity index (χ2n) is 4.07. The lowest BCUT2D eigenvalue weighted by Gasteiger charge is -2.24. The van der Waals surface area contributed by atoms with E-state index in [1.165, 1.54) is 24.8 Å². The summed E-state index contributed by atoms with van der Waals surface area (Å²) in [5.74, 6) is 0. The highest BCUT2D eigenvalue weighted by atomic mass is 15.4. The molecule has 1 aliphatic rings. The first-order valence-electron chi connectivity index (χ1n) is 5.72. The van der Waals surface area contributed by atoms with Gasteiger partial charge in [-0.15, -0.1) is 0 Å². The summed E-state index contributed by atoms with van der Waals surface area (Å²) in [6, 6.07) is 10.4. The van der Waals surface area contributed by atoms with Gasteiger partial charge in [0.1, 0.15) is 0 Å². The molecule has 0 bridgehead atoms. The van der Waals surface area contributed by atoms with Gasteiger partial charge in [0.15, 0.2) is 0 Å². The zero-order valence-electron chi connectivity index (χ0n) is 9.32. The Balaban J connectivity index is 2.06. The Morgan fingerprint density at radius 3 is 2.40 bits per heavy atom. The molecule has 1 heterocycles. The highest BCUT2D eigenvalue weighted by Crippen LogP contribution is 2.10. The van der Waals surface area contributed by atoms with Crippen molar-refractivity contribution in [2.45, 2.75) is 26.2 Å². The summed E-state index contributed by atoms with van der Waals surface area (Å²) in [4.78, 5) is 0. The molecule has 2 rings (SSSR count). The number of hydrogen-bond acceptors (Lipinski definition) is 2. The molecule has 15 heavy (non-hydrogen) atoms. The van der Waals surface area contributed by atoms with Gasteiger partial charge in [-0.3, -0.25) is 5.01 Å². The van der Waals surface area contributed by atoms with Crippen molar-refractivity contribution in [2.75, 3.05) is 13.1 Å². The maximum atomic E-state index is 4.66. The molecule has 1 aliphatic heterocycles. The van der Waals surface area contributed by atoms with E-state index in [-0.39, 0.29) is 0 Å². The largest absolute Gasteiger partial charge is 0.297 e. The van der Waals surface area contributed by atoms with Gasteiger partial charge in [0.25, 0.3) is 0 Å². The zero-order valence-corrected chi connectivity index (χ0v) is 9.32. The van der Waals surface area contributed by atoms with Crippen LogP contribution < -0.4 is 0 Å². The summed E-state index contributed by atoms with van der Waals surface area (Å²) in [6.45, 7) is 4.32. The lowest BCUT2D eigenvalue weighted by Crippen LogP contribution is -2.25. The Kier molecular flexibility index (Phi) is 3.38. The van der Waals surface area contributed by atoms with Crippen LogP contribution in [-0.4, -0.2) is 23.8 Å². The quantitative estimate of drug-likeness (QED) is 0.673. The summed E-state index contributed by atoms with van der Waals surface area (Å²) in [6.07, 6.45) is 3.92. The normalized spacial score (nSPS) is 17.9. The van der Waals surface area contributed by atoms with Crippen molar-refractivity contribution in [3.05, 3.63) is 35.9 Å². The van der Waals surface area contributed by atoms with Crippen LogP contribution in [0.4, 0.5) is 0 Å². The minimum atomic E-state index is 1.12. The van der Waals surface area contributed by atoms with Crippen LogP contribution in [0.25, 0.3) is 0 Å². The predicted octanol–water partition coefficient (Wildman–Crippen LogP) is 2.90. The molecule has 0 N–H and O–H groups in total. The first-order valence-corrected chi connectivity index (χ1v) is 5.72. The molecule has 0 saturated carbocycles. The van der Waals surface area contributed by atoms with Crippen LogP contribution >= 0.6 is 0 Å². The van der Waals surface area contributed by atoms with Crippen LogP contribution in [0.1, 0.15) is 31.7 Å². The van der Waals surface area contributed by atoms with E-state index in [0.717, 1.165) is 18.8 Å². The molecule has 0 aromatic heterocycles. The molecule has 0 radical (unpaired) electrons. The summed E-state index contributed by atoms with van der Waals surface area (Å²) in [5.41, 5.74) is 2.35. The van der Waals surface area contributed by atoms with Gasteiger partial charge in [0, 0.05) is 13.1 Å². The lowest BCUT2D eigenvalue weighted by molar-refractivity contribution is 0.239. The van der Waals surface area contributed by atoms with Crippen LogP contribution in [0.2, 0.25) is 0 Å². The number of hydrazone groups is 1. The number of rotatable bonds is 2. The molecule has 2 heteroatoms. The van der Waals surface area contributed by atoms with Gasteiger partial charge in [0.2, 0.25) is 0 Å². The Labute approximate surface area is 91.6 Å². The van der Waals surface area contributed by atoms with Crippen molar-refractivity contribution in [2.24, 2.45) is 5.10 Å². The van der Waals surface area contributed by atoms with Crippen LogP contribution in [0.15, 0.2) is 35.4 Å². The third kappa shape index (κ3) is 2.82. The molecule has 80 valence electrons. The molecule has 0 amide bonds. The van der Waals surface area contributed by atoms with E-state index in [9.17, 15) is 0 Å². The van der Waals surface area contributed by atoms with E-state index in [4.69, 9.17) is 0 Å². The number of nitrogens with zero attached hydrogens (tertiary/aromatic N) is 2. The minimum absolute atomic E-state index is 1.12. The highest BCUT2D eigenvalue weighted by Gasteiger charge is 2.07. The summed E-state index contributed by atoms with van der Waals surface area (Å²) < 4.78 is 0. The van der Waals surface area contributed by atoms with Gasteiger partial charge in [-0.25, -0.2) is 0 Å². The van der Waals surface area contributed by atoms with Crippen LogP contribution in [0.5, 0.6) is 0 Å². The van der Waals surface area contributed by atoms with Crippen molar-refractivity contribution < 1.29 is 0 Å². The fourth-order valence-electron chi connectivity index (χ4n) is 1.93. The van der Waals surface area contributed by atoms with Gasteiger partial charge in [-0.1, -0.05) is 30.3 Å². The molecular weight excluding hydrogens is 184 g/mol. The topological polar surface area (TPSA) is 15.6 Å². The average Bonchev–Trinajstić information content (AvgIpc) is 2.31. The molecule has 0 atom stereocenters. The first-order chi connectivity index (χ1) is 7.36. The maximum Gasteiger partial charge on any atom is 0.0646 e. The van der Waals surface area contributed by atoms with Crippen molar-refractivity contribution >= 4 is 5.71 Å². The molecule has 0 spiro atoms.